The molecular weight excluding hydrogens is 224 g/mol. The molecule has 6 heteroatoms. The van der Waals surface area contributed by atoms with Crippen LogP contribution in [-0.4, -0.2) is 34.1 Å². The number of carboxylic acid groups (broad SMARTS) is 1. The van der Waals surface area contributed by atoms with Crippen molar-refractivity contribution in [3.8, 4) is 0 Å². The van der Waals surface area contributed by atoms with Gasteiger partial charge < -0.3 is 9.84 Å². The van der Waals surface area contributed by atoms with E-state index in [4.69, 9.17) is 9.84 Å². The summed E-state index contributed by atoms with van der Waals surface area (Å²) in [7, 11) is 0. The van der Waals surface area contributed by atoms with E-state index >= 15 is 0 Å². The van der Waals surface area contributed by atoms with Gasteiger partial charge in [-0.25, -0.2) is 9.48 Å². The zero-order valence-corrected chi connectivity index (χ0v) is 9.76. The number of aromatic carboxylic acids is 1. The fourth-order valence-corrected chi connectivity index (χ4v) is 1.22. The standard InChI is InChI=1S/C11H16N2O4/c1-2-3-7-17-8-6-13-10(14)5-4-9(12-13)11(15)16/h4-5H,2-3,6-8H2,1H3,(H,15,16). The van der Waals surface area contributed by atoms with Crippen LogP contribution >= 0.6 is 0 Å². The van der Waals surface area contributed by atoms with Crippen molar-refractivity contribution >= 4 is 5.97 Å². The largest absolute Gasteiger partial charge is 0.476 e. The van der Waals surface area contributed by atoms with E-state index in [-0.39, 0.29) is 17.8 Å². The van der Waals surface area contributed by atoms with Crippen LogP contribution in [0.1, 0.15) is 30.3 Å². The normalized spacial score (nSPS) is 10.4. The molecule has 94 valence electrons. The van der Waals surface area contributed by atoms with Crippen LogP contribution in [0.25, 0.3) is 0 Å². The van der Waals surface area contributed by atoms with Crippen molar-refractivity contribution in [3.63, 3.8) is 0 Å². The summed E-state index contributed by atoms with van der Waals surface area (Å²) >= 11 is 0. The third kappa shape index (κ3) is 4.36. The Morgan fingerprint density at radius 2 is 2.24 bits per heavy atom. The summed E-state index contributed by atoms with van der Waals surface area (Å²) in [6, 6.07) is 2.39. The van der Waals surface area contributed by atoms with E-state index in [1.807, 2.05) is 0 Å². The molecular formula is C11H16N2O4. The molecule has 0 saturated heterocycles. The molecule has 1 N–H and O–H groups in total. The minimum absolute atomic E-state index is 0.141. The van der Waals surface area contributed by atoms with E-state index in [1.165, 1.54) is 12.1 Å². The highest BCUT2D eigenvalue weighted by Gasteiger charge is 2.06. The molecule has 1 aromatic rings. The molecule has 0 radical (unpaired) electrons. The van der Waals surface area contributed by atoms with Crippen LogP contribution in [-0.2, 0) is 11.3 Å². The number of carboxylic acids is 1. The number of aromatic nitrogens is 2. The van der Waals surface area contributed by atoms with E-state index in [0.29, 0.717) is 13.2 Å². The van der Waals surface area contributed by atoms with Gasteiger partial charge in [0.2, 0.25) is 0 Å². The molecule has 0 fully saturated rings. The van der Waals surface area contributed by atoms with Crippen molar-refractivity contribution in [1.82, 2.24) is 9.78 Å². The summed E-state index contributed by atoms with van der Waals surface area (Å²) in [6.07, 6.45) is 2.02. The van der Waals surface area contributed by atoms with Gasteiger partial charge >= 0.3 is 5.97 Å². The summed E-state index contributed by atoms with van der Waals surface area (Å²) in [5.74, 6) is -1.15. The van der Waals surface area contributed by atoms with Crippen LogP contribution < -0.4 is 5.56 Å². The lowest BCUT2D eigenvalue weighted by molar-refractivity contribution is 0.0685. The molecule has 0 bridgehead atoms. The lowest BCUT2D eigenvalue weighted by atomic mass is 10.4. The minimum Gasteiger partial charge on any atom is -0.476 e. The van der Waals surface area contributed by atoms with Gasteiger partial charge in [0.15, 0.2) is 5.69 Å². The second-order valence-corrected chi connectivity index (χ2v) is 3.55. The van der Waals surface area contributed by atoms with Gasteiger partial charge in [0.1, 0.15) is 0 Å². The topological polar surface area (TPSA) is 81.4 Å². The van der Waals surface area contributed by atoms with E-state index in [2.05, 4.69) is 12.0 Å². The Hall–Kier alpha value is -1.69. The van der Waals surface area contributed by atoms with Gasteiger partial charge in [0.05, 0.1) is 13.2 Å². The highest BCUT2D eigenvalue weighted by atomic mass is 16.5. The van der Waals surface area contributed by atoms with Crippen molar-refractivity contribution in [2.24, 2.45) is 0 Å². The molecule has 17 heavy (non-hydrogen) atoms. The Kier molecular flexibility index (Phi) is 5.35. The van der Waals surface area contributed by atoms with Crippen molar-refractivity contribution in [2.75, 3.05) is 13.2 Å². The average molecular weight is 240 g/mol. The maximum Gasteiger partial charge on any atom is 0.356 e. The predicted molar refractivity (Wildman–Crippen MR) is 61.2 cm³/mol. The van der Waals surface area contributed by atoms with Crippen molar-refractivity contribution < 1.29 is 14.6 Å². The summed E-state index contributed by atoms with van der Waals surface area (Å²) in [6.45, 7) is 3.33. The van der Waals surface area contributed by atoms with E-state index in [1.54, 1.807) is 0 Å². The zero-order valence-electron chi connectivity index (χ0n) is 9.76. The quantitative estimate of drug-likeness (QED) is 0.711. The minimum atomic E-state index is -1.15. The maximum atomic E-state index is 11.4. The maximum absolute atomic E-state index is 11.4. The fourth-order valence-electron chi connectivity index (χ4n) is 1.22. The molecule has 0 aliphatic carbocycles. The number of hydrogen-bond acceptors (Lipinski definition) is 4. The molecule has 1 rings (SSSR count). The highest BCUT2D eigenvalue weighted by molar-refractivity contribution is 5.84. The number of rotatable bonds is 7. The summed E-state index contributed by atoms with van der Waals surface area (Å²) in [4.78, 5) is 22.0. The van der Waals surface area contributed by atoms with Crippen LogP contribution in [0.5, 0.6) is 0 Å². The second kappa shape index (κ2) is 6.80. The van der Waals surface area contributed by atoms with Gasteiger partial charge in [-0.1, -0.05) is 13.3 Å². The summed E-state index contributed by atoms with van der Waals surface area (Å²) < 4.78 is 6.39. The number of hydrogen-bond donors (Lipinski definition) is 1. The lowest BCUT2D eigenvalue weighted by Gasteiger charge is -2.05. The van der Waals surface area contributed by atoms with Crippen LogP contribution in [0.15, 0.2) is 16.9 Å². The summed E-state index contributed by atoms with van der Waals surface area (Å²) in [5.41, 5.74) is -0.466. The first-order valence-corrected chi connectivity index (χ1v) is 5.54. The number of ether oxygens (including phenoxy) is 1. The number of unbranched alkanes of at least 4 members (excludes halogenated alkanes) is 1. The average Bonchev–Trinajstić information content (AvgIpc) is 2.30. The molecule has 6 nitrogen and oxygen atoms in total. The third-order valence-electron chi connectivity index (χ3n) is 2.18. The van der Waals surface area contributed by atoms with Crippen LogP contribution in [0.3, 0.4) is 0 Å². The molecule has 0 aromatic carbocycles. The Labute approximate surface area is 98.8 Å². The van der Waals surface area contributed by atoms with Crippen molar-refractivity contribution in [2.45, 2.75) is 26.3 Å². The van der Waals surface area contributed by atoms with Crippen LogP contribution in [0, 0.1) is 0 Å². The molecule has 1 aromatic heterocycles. The molecule has 0 saturated carbocycles. The van der Waals surface area contributed by atoms with Gasteiger partial charge in [-0.2, -0.15) is 5.10 Å². The van der Waals surface area contributed by atoms with E-state index in [0.717, 1.165) is 17.5 Å². The third-order valence-corrected chi connectivity index (χ3v) is 2.18. The number of nitrogens with zero attached hydrogens (tertiary/aromatic N) is 2. The van der Waals surface area contributed by atoms with Crippen LogP contribution in [0.4, 0.5) is 0 Å². The van der Waals surface area contributed by atoms with Gasteiger partial charge in [-0.05, 0) is 12.5 Å². The summed E-state index contributed by atoms with van der Waals surface area (Å²) in [5, 5.41) is 12.4. The van der Waals surface area contributed by atoms with Gasteiger partial charge in [0.25, 0.3) is 5.56 Å². The van der Waals surface area contributed by atoms with E-state index < -0.39 is 5.97 Å². The van der Waals surface area contributed by atoms with Crippen molar-refractivity contribution in [1.29, 1.82) is 0 Å². The Bertz CT molecular complexity index is 428. The van der Waals surface area contributed by atoms with Crippen LogP contribution in [0.2, 0.25) is 0 Å². The first-order valence-electron chi connectivity index (χ1n) is 5.54. The molecule has 0 unspecified atom stereocenters. The Morgan fingerprint density at radius 3 is 2.88 bits per heavy atom. The smallest absolute Gasteiger partial charge is 0.356 e. The zero-order chi connectivity index (χ0) is 12.7. The van der Waals surface area contributed by atoms with Gasteiger partial charge in [-0.3, -0.25) is 4.79 Å². The molecule has 0 aliphatic rings. The Morgan fingerprint density at radius 1 is 1.47 bits per heavy atom. The SMILES string of the molecule is CCCCOCCn1nc(C(=O)O)ccc1=O. The molecule has 0 aliphatic heterocycles. The first-order chi connectivity index (χ1) is 8.15. The van der Waals surface area contributed by atoms with Crippen molar-refractivity contribution in [3.05, 3.63) is 28.2 Å². The number of carbonyl (C=O) groups is 1. The van der Waals surface area contributed by atoms with Gasteiger partial charge in [0, 0.05) is 12.7 Å². The molecule has 0 amide bonds. The molecule has 1 heterocycles. The lowest BCUT2D eigenvalue weighted by Crippen LogP contribution is -2.26. The Balaban J connectivity index is 2.55. The highest BCUT2D eigenvalue weighted by Crippen LogP contribution is 1.91. The van der Waals surface area contributed by atoms with Gasteiger partial charge in [-0.15, -0.1) is 0 Å². The first kappa shape index (κ1) is 13.4. The molecule has 0 spiro atoms. The van der Waals surface area contributed by atoms with E-state index in [9.17, 15) is 9.59 Å². The monoisotopic (exact) mass is 240 g/mol. The predicted octanol–water partition coefficient (Wildman–Crippen LogP) is 0.758. The molecule has 0 atom stereocenters. The fraction of sp³-hybridized carbons (Fsp3) is 0.545. The second-order valence-electron chi connectivity index (χ2n) is 3.55.